The second kappa shape index (κ2) is 4.38. The number of fused-ring (bicyclic) bond motifs is 2. The number of hydrogen-bond acceptors (Lipinski definition) is 0. The first-order valence-electron chi connectivity index (χ1n) is 6.24. The molecule has 0 radical (unpaired) electrons. The Balaban J connectivity index is 1.91. The molecule has 0 saturated carbocycles. The molecule has 0 aliphatic heterocycles. The monoisotopic (exact) mass is 202 g/mol. The van der Waals surface area contributed by atoms with Crippen molar-refractivity contribution in [3.63, 3.8) is 0 Å². The average molecular weight is 202 g/mol. The van der Waals surface area contributed by atoms with Crippen molar-refractivity contribution in [2.24, 2.45) is 17.8 Å². The molecule has 15 heavy (non-hydrogen) atoms. The third kappa shape index (κ3) is 2.42. The smallest absolute Gasteiger partial charge is 0.00263 e. The van der Waals surface area contributed by atoms with E-state index >= 15 is 0 Å². The van der Waals surface area contributed by atoms with Crippen molar-refractivity contribution in [1.82, 2.24) is 0 Å². The Hall–Kier alpha value is -0.780. The van der Waals surface area contributed by atoms with Gasteiger partial charge in [-0.1, -0.05) is 43.7 Å². The maximum absolute atomic E-state index is 2.46. The highest BCUT2D eigenvalue weighted by molar-refractivity contribution is 5.42. The summed E-state index contributed by atoms with van der Waals surface area (Å²) in [5.74, 6) is 2.31. The maximum atomic E-state index is 2.46. The zero-order valence-electron chi connectivity index (χ0n) is 10.2. The lowest BCUT2D eigenvalue weighted by atomic mass is 9.95. The molecule has 0 saturated heterocycles. The molecule has 2 atom stereocenters. The summed E-state index contributed by atoms with van der Waals surface area (Å²) in [5.41, 5.74) is 3.12. The Labute approximate surface area is 93.8 Å². The largest absolute Gasteiger partial charge is 0.0813 e. The van der Waals surface area contributed by atoms with Crippen molar-refractivity contribution in [2.75, 3.05) is 0 Å². The summed E-state index contributed by atoms with van der Waals surface area (Å²) in [5, 5.41) is 0. The molecule has 82 valence electrons. The second-order valence-electron chi connectivity index (χ2n) is 5.37. The fourth-order valence-corrected chi connectivity index (χ4v) is 2.61. The molecule has 0 N–H and O–H groups in total. The summed E-state index contributed by atoms with van der Waals surface area (Å²) in [6.45, 7) is 6.87. The van der Waals surface area contributed by atoms with Crippen LogP contribution in [0.2, 0.25) is 0 Å². The van der Waals surface area contributed by atoms with Gasteiger partial charge < -0.3 is 0 Å². The van der Waals surface area contributed by atoms with Crippen molar-refractivity contribution >= 4 is 0 Å². The highest BCUT2D eigenvalue weighted by Crippen LogP contribution is 2.41. The van der Waals surface area contributed by atoms with Crippen LogP contribution in [-0.4, -0.2) is 0 Å². The molecule has 0 aromatic heterocycles. The van der Waals surface area contributed by atoms with Gasteiger partial charge in [0, 0.05) is 5.92 Å². The Morgan fingerprint density at radius 1 is 1.47 bits per heavy atom. The van der Waals surface area contributed by atoms with Gasteiger partial charge in [0.05, 0.1) is 0 Å². The lowest BCUT2D eigenvalue weighted by Crippen LogP contribution is -1.95. The second-order valence-corrected chi connectivity index (χ2v) is 5.37. The van der Waals surface area contributed by atoms with E-state index in [0.29, 0.717) is 0 Å². The van der Waals surface area contributed by atoms with Gasteiger partial charge in [-0.15, -0.1) is 0 Å². The Kier molecular flexibility index (Phi) is 3.14. The molecule has 0 nitrogen and oxygen atoms in total. The SMILES string of the molecule is CC(=CCCC(C)C)C1=CC2C=CC1C2. The van der Waals surface area contributed by atoms with Gasteiger partial charge in [-0.05, 0) is 43.6 Å². The first-order valence-corrected chi connectivity index (χ1v) is 6.24. The molecule has 0 amide bonds. The number of hydrogen-bond donors (Lipinski definition) is 0. The molecule has 0 heterocycles. The van der Waals surface area contributed by atoms with Crippen LogP contribution in [-0.2, 0) is 0 Å². The van der Waals surface area contributed by atoms with Gasteiger partial charge >= 0.3 is 0 Å². The van der Waals surface area contributed by atoms with Crippen LogP contribution in [0.1, 0.15) is 40.0 Å². The Bertz CT molecular complexity index is 315. The van der Waals surface area contributed by atoms with E-state index in [1.54, 1.807) is 5.57 Å². The highest BCUT2D eigenvalue weighted by atomic mass is 14.3. The van der Waals surface area contributed by atoms with Crippen LogP contribution in [0.25, 0.3) is 0 Å². The van der Waals surface area contributed by atoms with Crippen LogP contribution in [0.5, 0.6) is 0 Å². The summed E-state index contributed by atoms with van der Waals surface area (Å²) in [6.07, 6.45) is 13.5. The zero-order valence-corrected chi connectivity index (χ0v) is 10.2. The van der Waals surface area contributed by atoms with E-state index in [0.717, 1.165) is 17.8 Å². The predicted octanol–water partition coefficient (Wildman–Crippen LogP) is 4.50. The van der Waals surface area contributed by atoms with E-state index in [9.17, 15) is 0 Å². The predicted molar refractivity (Wildman–Crippen MR) is 66.6 cm³/mol. The summed E-state index contributed by atoms with van der Waals surface area (Å²) >= 11 is 0. The number of allylic oxidation sites excluding steroid dienone is 6. The van der Waals surface area contributed by atoms with E-state index in [2.05, 4.69) is 45.1 Å². The van der Waals surface area contributed by atoms with Crippen LogP contribution in [0.4, 0.5) is 0 Å². The topological polar surface area (TPSA) is 0 Å². The standard InChI is InChI=1S/C15H22/c1-11(2)5-4-6-12(3)15-10-13-7-8-14(15)9-13/h6-8,10-11,13-14H,4-5,9H2,1-3H3. The quantitative estimate of drug-likeness (QED) is 0.589. The Morgan fingerprint density at radius 3 is 2.80 bits per heavy atom. The van der Waals surface area contributed by atoms with Gasteiger partial charge in [-0.25, -0.2) is 0 Å². The normalized spacial score (nSPS) is 29.1. The minimum absolute atomic E-state index is 0.741. The molecule has 2 aliphatic rings. The molecular weight excluding hydrogens is 180 g/mol. The van der Waals surface area contributed by atoms with Crippen LogP contribution in [0.15, 0.2) is 35.5 Å². The first kappa shape index (κ1) is 10.7. The van der Waals surface area contributed by atoms with Crippen molar-refractivity contribution in [3.05, 3.63) is 35.5 Å². The van der Waals surface area contributed by atoms with Crippen molar-refractivity contribution < 1.29 is 0 Å². The fourth-order valence-electron chi connectivity index (χ4n) is 2.61. The Morgan fingerprint density at radius 2 is 2.27 bits per heavy atom. The van der Waals surface area contributed by atoms with E-state index in [1.165, 1.54) is 24.8 Å². The van der Waals surface area contributed by atoms with Crippen molar-refractivity contribution in [1.29, 1.82) is 0 Å². The zero-order chi connectivity index (χ0) is 10.8. The molecule has 2 rings (SSSR count). The molecule has 0 aromatic carbocycles. The molecule has 0 spiro atoms. The van der Waals surface area contributed by atoms with Gasteiger partial charge in [0.25, 0.3) is 0 Å². The van der Waals surface area contributed by atoms with Gasteiger partial charge in [-0.3, -0.25) is 0 Å². The van der Waals surface area contributed by atoms with E-state index in [-0.39, 0.29) is 0 Å². The fraction of sp³-hybridized carbons (Fsp3) is 0.600. The van der Waals surface area contributed by atoms with Gasteiger partial charge in [0.15, 0.2) is 0 Å². The highest BCUT2D eigenvalue weighted by Gasteiger charge is 2.28. The lowest BCUT2D eigenvalue weighted by Gasteiger charge is -2.11. The number of rotatable bonds is 4. The summed E-state index contributed by atoms with van der Waals surface area (Å²) in [6, 6.07) is 0. The molecule has 2 bridgehead atoms. The van der Waals surface area contributed by atoms with Crippen LogP contribution < -0.4 is 0 Å². The molecular formula is C15H22. The van der Waals surface area contributed by atoms with Crippen molar-refractivity contribution in [2.45, 2.75) is 40.0 Å². The third-order valence-corrected chi connectivity index (χ3v) is 3.56. The molecule has 0 fully saturated rings. The first-order chi connectivity index (χ1) is 7.16. The third-order valence-electron chi connectivity index (χ3n) is 3.56. The lowest BCUT2D eigenvalue weighted by molar-refractivity contribution is 0.593. The molecule has 2 aliphatic carbocycles. The summed E-state index contributed by atoms with van der Waals surface area (Å²) in [7, 11) is 0. The van der Waals surface area contributed by atoms with Crippen LogP contribution >= 0.6 is 0 Å². The van der Waals surface area contributed by atoms with E-state index < -0.39 is 0 Å². The average Bonchev–Trinajstić information content (AvgIpc) is 2.77. The molecule has 0 aromatic rings. The van der Waals surface area contributed by atoms with Gasteiger partial charge in [-0.2, -0.15) is 0 Å². The van der Waals surface area contributed by atoms with Gasteiger partial charge in [0.1, 0.15) is 0 Å². The van der Waals surface area contributed by atoms with Gasteiger partial charge in [0.2, 0.25) is 0 Å². The van der Waals surface area contributed by atoms with E-state index in [1.807, 2.05) is 0 Å². The minimum Gasteiger partial charge on any atom is -0.0813 e. The van der Waals surface area contributed by atoms with Crippen LogP contribution in [0, 0.1) is 17.8 Å². The minimum atomic E-state index is 0.741. The maximum Gasteiger partial charge on any atom is 0.00263 e. The van der Waals surface area contributed by atoms with Crippen molar-refractivity contribution in [3.8, 4) is 0 Å². The van der Waals surface area contributed by atoms with Crippen LogP contribution in [0.3, 0.4) is 0 Å². The van der Waals surface area contributed by atoms with E-state index in [4.69, 9.17) is 0 Å². The molecule has 2 unspecified atom stereocenters. The summed E-state index contributed by atoms with van der Waals surface area (Å²) < 4.78 is 0. The molecule has 0 heteroatoms. The summed E-state index contributed by atoms with van der Waals surface area (Å²) in [4.78, 5) is 0.